The van der Waals surface area contributed by atoms with Crippen LogP contribution in [-0.4, -0.2) is 10.9 Å². The number of rotatable bonds is 2. The number of amides is 1. The lowest BCUT2D eigenvalue weighted by Gasteiger charge is -2.03. The third-order valence-electron chi connectivity index (χ3n) is 1.88. The molecule has 0 saturated carbocycles. The number of hydrogen-bond acceptors (Lipinski definition) is 3. The van der Waals surface area contributed by atoms with Crippen LogP contribution >= 0.6 is 15.9 Å². The van der Waals surface area contributed by atoms with Crippen molar-refractivity contribution in [2.45, 2.75) is 0 Å². The first-order chi connectivity index (χ1) is 7.68. The van der Waals surface area contributed by atoms with E-state index in [1.54, 1.807) is 0 Å². The maximum atomic E-state index is 13.2. The van der Waals surface area contributed by atoms with Crippen molar-refractivity contribution in [2.75, 3.05) is 5.32 Å². The number of carbonyl (C=O) groups excluding carboxylic acids is 1. The number of carbonyl (C=O) groups is 1. The van der Waals surface area contributed by atoms with E-state index >= 15 is 0 Å². The maximum Gasteiger partial charge on any atom is 0.260 e. The quantitative estimate of drug-likeness (QED) is 0.923. The third kappa shape index (κ3) is 2.11. The fourth-order valence-electron chi connectivity index (χ4n) is 1.12. The summed E-state index contributed by atoms with van der Waals surface area (Å²) in [6.45, 7) is 0. The van der Waals surface area contributed by atoms with Crippen LogP contribution in [0.3, 0.4) is 0 Å². The SMILES string of the molecule is O=C(Nc1ccncc1F)c1ccoc1Br. The average Bonchev–Trinajstić information content (AvgIpc) is 2.68. The van der Waals surface area contributed by atoms with E-state index in [9.17, 15) is 9.18 Å². The Kier molecular flexibility index (Phi) is 3.00. The highest BCUT2D eigenvalue weighted by Gasteiger charge is 2.14. The smallest absolute Gasteiger partial charge is 0.260 e. The summed E-state index contributed by atoms with van der Waals surface area (Å²) in [5, 5.41) is 2.41. The highest BCUT2D eigenvalue weighted by atomic mass is 79.9. The molecule has 2 rings (SSSR count). The zero-order valence-electron chi connectivity index (χ0n) is 7.91. The van der Waals surface area contributed by atoms with Crippen molar-refractivity contribution in [1.29, 1.82) is 0 Å². The van der Waals surface area contributed by atoms with Crippen molar-refractivity contribution in [1.82, 2.24) is 4.98 Å². The van der Waals surface area contributed by atoms with Gasteiger partial charge in [-0.25, -0.2) is 4.39 Å². The monoisotopic (exact) mass is 284 g/mol. The van der Waals surface area contributed by atoms with E-state index < -0.39 is 11.7 Å². The minimum atomic E-state index is -0.588. The highest BCUT2D eigenvalue weighted by Crippen LogP contribution is 2.19. The van der Waals surface area contributed by atoms with Gasteiger partial charge in [-0.2, -0.15) is 0 Å². The molecule has 0 atom stereocenters. The Hall–Kier alpha value is -1.69. The van der Waals surface area contributed by atoms with Crippen LogP contribution in [-0.2, 0) is 0 Å². The molecular formula is C10H6BrFN2O2. The minimum Gasteiger partial charge on any atom is -0.457 e. The molecule has 0 aromatic carbocycles. The van der Waals surface area contributed by atoms with E-state index in [4.69, 9.17) is 4.42 Å². The fourth-order valence-corrected chi connectivity index (χ4v) is 1.54. The van der Waals surface area contributed by atoms with Gasteiger partial charge in [0.15, 0.2) is 10.5 Å². The molecule has 0 bridgehead atoms. The van der Waals surface area contributed by atoms with E-state index in [0.29, 0.717) is 10.2 Å². The van der Waals surface area contributed by atoms with Gasteiger partial charge in [-0.15, -0.1) is 0 Å². The summed E-state index contributed by atoms with van der Waals surface area (Å²) in [5.41, 5.74) is 0.379. The molecule has 2 aromatic rings. The molecule has 6 heteroatoms. The maximum absolute atomic E-state index is 13.2. The van der Waals surface area contributed by atoms with E-state index in [1.165, 1.54) is 24.6 Å². The van der Waals surface area contributed by atoms with Gasteiger partial charge in [-0.1, -0.05) is 0 Å². The molecule has 2 aromatic heterocycles. The first-order valence-corrected chi connectivity index (χ1v) is 5.11. The van der Waals surface area contributed by atoms with Crippen molar-refractivity contribution in [3.8, 4) is 0 Å². The zero-order chi connectivity index (χ0) is 11.5. The number of pyridine rings is 1. The molecular weight excluding hydrogens is 279 g/mol. The predicted molar refractivity (Wildman–Crippen MR) is 58.6 cm³/mol. The van der Waals surface area contributed by atoms with Crippen LogP contribution in [0.5, 0.6) is 0 Å². The van der Waals surface area contributed by atoms with Crippen LogP contribution in [0.1, 0.15) is 10.4 Å². The summed E-state index contributed by atoms with van der Waals surface area (Å²) in [6.07, 6.45) is 3.78. The number of anilines is 1. The lowest BCUT2D eigenvalue weighted by Crippen LogP contribution is -2.12. The first-order valence-electron chi connectivity index (χ1n) is 4.32. The number of nitrogens with zero attached hydrogens (tertiary/aromatic N) is 1. The second-order valence-electron chi connectivity index (χ2n) is 2.92. The molecule has 0 unspecified atom stereocenters. The summed E-state index contributed by atoms with van der Waals surface area (Å²) in [4.78, 5) is 15.2. The molecule has 16 heavy (non-hydrogen) atoms. The Bertz CT molecular complexity index is 527. The number of halogens is 2. The lowest BCUT2D eigenvalue weighted by atomic mass is 10.3. The van der Waals surface area contributed by atoms with Crippen molar-refractivity contribution in [3.05, 3.63) is 46.8 Å². The van der Waals surface area contributed by atoms with Crippen LogP contribution in [0.2, 0.25) is 0 Å². The number of furan rings is 1. The normalized spacial score (nSPS) is 10.1. The Morgan fingerprint density at radius 1 is 1.50 bits per heavy atom. The van der Waals surface area contributed by atoms with Crippen LogP contribution in [0, 0.1) is 5.82 Å². The van der Waals surface area contributed by atoms with Gasteiger partial charge < -0.3 is 9.73 Å². The van der Waals surface area contributed by atoms with Gasteiger partial charge in [-0.3, -0.25) is 9.78 Å². The summed E-state index contributed by atoms with van der Waals surface area (Å²) in [6, 6.07) is 2.86. The van der Waals surface area contributed by atoms with Crippen molar-refractivity contribution >= 4 is 27.5 Å². The van der Waals surface area contributed by atoms with Gasteiger partial charge in [0, 0.05) is 6.20 Å². The van der Waals surface area contributed by atoms with Crippen LogP contribution in [0.25, 0.3) is 0 Å². The molecule has 0 saturated heterocycles. The minimum absolute atomic E-state index is 0.0769. The van der Waals surface area contributed by atoms with Gasteiger partial charge in [-0.05, 0) is 28.1 Å². The molecule has 82 valence electrons. The van der Waals surface area contributed by atoms with Gasteiger partial charge in [0.1, 0.15) is 0 Å². The zero-order valence-corrected chi connectivity index (χ0v) is 9.49. The molecule has 0 spiro atoms. The van der Waals surface area contributed by atoms with Crippen LogP contribution in [0.4, 0.5) is 10.1 Å². The summed E-state index contributed by atoms with van der Waals surface area (Å²) >= 11 is 3.07. The average molecular weight is 285 g/mol. The summed E-state index contributed by atoms with van der Waals surface area (Å²) < 4.78 is 18.4. The molecule has 0 aliphatic rings. The van der Waals surface area contributed by atoms with Gasteiger partial charge in [0.25, 0.3) is 5.91 Å². The van der Waals surface area contributed by atoms with Crippen molar-refractivity contribution in [2.24, 2.45) is 0 Å². The van der Waals surface area contributed by atoms with Crippen molar-refractivity contribution in [3.63, 3.8) is 0 Å². The second-order valence-corrected chi connectivity index (χ2v) is 3.64. The molecule has 4 nitrogen and oxygen atoms in total. The van der Waals surface area contributed by atoms with Gasteiger partial charge in [0.2, 0.25) is 0 Å². The standard InChI is InChI=1S/C10H6BrFN2O2/c11-9-6(2-4-16-9)10(15)14-8-1-3-13-5-7(8)12/h1-5H,(H,13,14,15). The van der Waals surface area contributed by atoms with E-state index in [1.807, 2.05) is 0 Å². The molecule has 1 N–H and O–H groups in total. The number of hydrogen-bond donors (Lipinski definition) is 1. The number of aromatic nitrogens is 1. The third-order valence-corrected chi connectivity index (χ3v) is 2.50. The second kappa shape index (κ2) is 4.44. The van der Waals surface area contributed by atoms with Gasteiger partial charge in [0.05, 0.1) is 23.7 Å². The molecule has 2 heterocycles. The largest absolute Gasteiger partial charge is 0.457 e. The highest BCUT2D eigenvalue weighted by molar-refractivity contribution is 9.10. The van der Waals surface area contributed by atoms with E-state index in [-0.39, 0.29) is 5.69 Å². The Labute approximate surface area is 98.6 Å². The van der Waals surface area contributed by atoms with Crippen molar-refractivity contribution < 1.29 is 13.6 Å². The molecule has 0 aliphatic carbocycles. The summed E-state index contributed by atoms with van der Waals surface area (Å²) in [7, 11) is 0. The van der Waals surface area contributed by atoms with Crippen LogP contribution in [0.15, 0.2) is 39.9 Å². The van der Waals surface area contributed by atoms with E-state index in [2.05, 4.69) is 26.2 Å². The summed E-state index contributed by atoms with van der Waals surface area (Å²) in [5.74, 6) is -1.04. The van der Waals surface area contributed by atoms with E-state index in [0.717, 1.165) is 6.20 Å². The Morgan fingerprint density at radius 2 is 2.31 bits per heavy atom. The fraction of sp³-hybridized carbons (Fsp3) is 0. The Morgan fingerprint density at radius 3 is 2.94 bits per heavy atom. The molecule has 0 aliphatic heterocycles. The lowest BCUT2D eigenvalue weighted by molar-refractivity contribution is 0.102. The van der Waals surface area contributed by atoms with Gasteiger partial charge >= 0.3 is 0 Å². The molecule has 0 fully saturated rings. The Balaban J connectivity index is 2.21. The molecule has 0 radical (unpaired) electrons. The first kappa shape index (κ1) is 10.8. The molecule has 1 amide bonds. The van der Waals surface area contributed by atoms with Crippen LogP contribution < -0.4 is 5.32 Å². The topological polar surface area (TPSA) is 55.1 Å². The predicted octanol–water partition coefficient (Wildman–Crippen LogP) is 2.83. The number of nitrogens with one attached hydrogen (secondary N) is 1.